The predicted molar refractivity (Wildman–Crippen MR) is 74.5 cm³/mol. The molecule has 0 bridgehead atoms. The van der Waals surface area contributed by atoms with Gasteiger partial charge in [0.1, 0.15) is 0 Å². The number of piperidine rings is 1. The third kappa shape index (κ3) is 3.66. The van der Waals surface area contributed by atoms with Crippen LogP contribution in [0.4, 0.5) is 0 Å². The van der Waals surface area contributed by atoms with E-state index in [0.717, 1.165) is 32.1 Å². The average molecular weight is 277 g/mol. The molecular formula is C12H27N3O2S. The van der Waals surface area contributed by atoms with E-state index in [9.17, 15) is 8.42 Å². The third-order valence-electron chi connectivity index (χ3n) is 3.64. The second-order valence-electron chi connectivity index (χ2n) is 4.84. The second-order valence-corrected chi connectivity index (χ2v) is 6.72. The van der Waals surface area contributed by atoms with E-state index in [-0.39, 0.29) is 6.04 Å². The van der Waals surface area contributed by atoms with Crippen molar-refractivity contribution in [1.82, 2.24) is 8.61 Å². The molecule has 2 N–H and O–H groups in total. The highest BCUT2D eigenvalue weighted by Crippen LogP contribution is 2.20. The van der Waals surface area contributed by atoms with E-state index in [2.05, 4.69) is 0 Å². The summed E-state index contributed by atoms with van der Waals surface area (Å²) in [5.41, 5.74) is 5.58. The normalized spacial score (nSPS) is 18.7. The van der Waals surface area contributed by atoms with Crippen LogP contribution in [0.3, 0.4) is 0 Å². The van der Waals surface area contributed by atoms with Crippen LogP contribution < -0.4 is 5.73 Å². The molecule has 1 saturated heterocycles. The van der Waals surface area contributed by atoms with Crippen LogP contribution in [0.15, 0.2) is 0 Å². The second kappa shape index (κ2) is 7.43. The maximum Gasteiger partial charge on any atom is 0.282 e. The Morgan fingerprint density at radius 2 is 1.72 bits per heavy atom. The molecule has 0 aliphatic carbocycles. The maximum absolute atomic E-state index is 12.6. The zero-order valence-electron chi connectivity index (χ0n) is 11.6. The number of hydrogen-bond acceptors (Lipinski definition) is 3. The van der Waals surface area contributed by atoms with Gasteiger partial charge in [0, 0.05) is 32.2 Å². The van der Waals surface area contributed by atoms with Gasteiger partial charge in [0.05, 0.1) is 0 Å². The molecule has 18 heavy (non-hydrogen) atoms. The van der Waals surface area contributed by atoms with E-state index < -0.39 is 10.2 Å². The largest absolute Gasteiger partial charge is 0.329 e. The summed E-state index contributed by atoms with van der Waals surface area (Å²) in [7, 11) is -3.32. The maximum atomic E-state index is 12.6. The van der Waals surface area contributed by atoms with Crippen molar-refractivity contribution < 1.29 is 8.42 Å². The fourth-order valence-corrected chi connectivity index (χ4v) is 4.58. The minimum atomic E-state index is -3.32. The molecule has 1 aliphatic rings. The molecule has 0 saturated carbocycles. The van der Waals surface area contributed by atoms with Crippen molar-refractivity contribution in [2.45, 2.75) is 52.0 Å². The molecule has 0 aromatic rings. The molecule has 0 unspecified atom stereocenters. The zero-order valence-corrected chi connectivity index (χ0v) is 12.5. The fourth-order valence-electron chi connectivity index (χ4n) is 2.55. The van der Waals surface area contributed by atoms with Crippen molar-refractivity contribution in [2.24, 2.45) is 5.73 Å². The van der Waals surface area contributed by atoms with Crippen LogP contribution in [-0.4, -0.2) is 49.2 Å². The number of nitrogens with two attached hydrogens (primary N) is 1. The summed E-state index contributed by atoms with van der Waals surface area (Å²) in [4.78, 5) is 0. The van der Waals surface area contributed by atoms with Crippen molar-refractivity contribution >= 4 is 10.2 Å². The van der Waals surface area contributed by atoms with E-state index >= 15 is 0 Å². The number of hydrogen-bond donors (Lipinski definition) is 1. The third-order valence-corrected chi connectivity index (χ3v) is 5.73. The highest BCUT2D eigenvalue weighted by molar-refractivity contribution is 7.86. The fraction of sp³-hybridized carbons (Fsp3) is 1.00. The smallest absolute Gasteiger partial charge is 0.282 e. The van der Waals surface area contributed by atoms with Crippen LogP contribution in [0.25, 0.3) is 0 Å². The first-order valence-corrected chi connectivity index (χ1v) is 8.44. The molecule has 108 valence electrons. The van der Waals surface area contributed by atoms with Gasteiger partial charge in [-0.25, -0.2) is 0 Å². The van der Waals surface area contributed by atoms with Crippen molar-refractivity contribution in [2.75, 3.05) is 26.2 Å². The molecule has 1 heterocycles. The number of rotatable bonds is 7. The Balaban J connectivity index is 2.87. The minimum absolute atomic E-state index is 0.0699. The van der Waals surface area contributed by atoms with Gasteiger partial charge in [0.2, 0.25) is 0 Å². The summed E-state index contributed by atoms with van der Waals surface area (Å²) >= 11 is 0. The first-order valence-electron chi connectivity index (χ1n) is 7.04. The van der Waals surface area contributed by atoms with Gasteiger partial charge in [-0.1, -0.05) is 20.3 Å². The van der Waals surface area contributed by atoms with Crippen molar-refractivity contribution in [3.05, 3.63) is 0 Å². The van der Waals surface area contributed by atoms with Gasteiger partial charge in [-0.15, -0.1) is 0 Å². The summed E-state index contributed by atoms with van der Waals surface area (Å²) in [5, 5.41) is 0. The van der Waals surface area contributed by atoms with Crippen LogP contribution in [0, 0.1) is 0 Å². The molecule has 1 aliphatic heterocycles. The molecule has 5 nitrogen and oxygen atoms in total. The first kappa shape index (κ1) is 15.9. The Hall–Kier alpha value is -0.170. The van der Waals surface area contributed by atoms with E-state index in [0.29, 0.717) is 26.2 Å². The predicted octanol–water partition coefficient (Wildman–Crippen LogP) is 1.17. The van der Waals surface area contributed by atoms with Crippen molar-refractivity contribution in [1.29, 1.82) is 0 Å². The highest BCUT2D eigenvalue weighted by Gasteiger charge is 2.33. The van der Waals surface area contributed by atoms with Gasteiger partial charge in [0.25, 0.3) is 10.2 Å². The quantitative estimate of drug-likeness (QED) is 0.759. The Morgan fingerprint density at radius 1 is 1.17 bits per heavy atom. The Morgan fingerprint density at radius 3 is 2.17 bits per heavy atom. The molecule has 0 aromatic carbocycles. The Kier molecular flexibility index (Phi) is 6.55. The zero-order chi connectivity index (χ0) is 13.6. The topological polar surface area (TPSA) is 66.6 Å². The standard InChI is InChI=1S/C12H27N3O2S/c1-3-12(4-2)15(11-8-13)18(16,17)14-9-6-5-7-10-14/h12H,3-11,13H2,1-2H3. The molecular weight excluding hydrogens is 250 g/mol. The number of nitrogens with zero attached hydrogens (tertiary/aromatic N) is 2. The van der Waals surface area contributed by atoms with Crippen molar-refractivity contribution in [3.8, 4) is 0 Å². The molecule has 0 amide bonds. The van der Waals surface area contributed by atoms with Gasteiger partial charge < -0.3 is 5.73 Å². The minimum Gasteiger partial charge on any atom is -0.329 e. The first-order chi connectivity index (χ1) is 8.57. The van der Waals surface area contributed by atoms with Gasteiger partial charge in [0.15, 0.2) is 0 Å². The van der Waals surface area contributed by atoms with E-state index in [1.807, 2.05) is 13.8 Å². The van der Waals surface area contributed by atoms with Crippen molar-refractivity contribution in [3.63, 3.8) is 0 Å². The van der Waals surface area contributed by atoms with Crippen LogP contribution in [0.1, 0.15) is 46.0 Å². The summed E-state index contributed by atoms with van der Waals surface area (Å²) in [6.07, 6.45) is 4.75. The van der Waals surface area contributed by atoms with E-state index in [1.54, 1.807) is 8.61 Å². The summed E-state index contributed by atoms with van der Waals surface area (Å²) in [6, 6.07) is 0.0699. The van der Waals surface area contributed by atoms with E-state index in [1.165, 1.54) is 0 Å². The Bertz CT molecular complexity index is 322. The molecule has 1 rings (SSSR count). The summed E-state index contributed by atoms with van der Waals surface area (Å²) < 4.78 is 28.5. The molecule has 6 heteroatoms. The van der Waals surface area contributed by atoms with Crippen LogP contribution in [0.5, 0.6) is 0 Å². The van der Waals surface area contributed by atoms with Gasteiger partial charge >= 0.3 is 0 Å². The summed E-state index contributed by atoms with van der Waals surface area (Å²) in [6.45, 7) is 6.18. The van der Waals surface area contributed by atoms with E-state index in [4.69, 9.17) is 5.73 Å². The monoisotopic (exact) mass is 277 g/mol. The van der Waals surface area contributed by atoms with Gasteiger partial charge in [-0.05, 0) is 25.7 Å². The van der Waals surface area contributed by atoms with Crippen LogP contribution >= 0.6 is 0 Å². The lowest BCUT2D eigenvalue weighted by Crippen LogP contribution is -2.51. The molecule has 0 spiro atoms. The molecule has 0 radical (unpaired) electrons. The highest BCUT2D eigenvalue weighted by atomic mass is 32.2. The average Bonchev–Trinajstić information content (AvgIpc) is 2.40. The molecule has 0 atom stereocenters. The lowest BCUT2D eigenvalue weighted by molar-refractivity contribution is 0.260. The lowest BCUT2D eigenvalue weighted by Gasteiger charge is -2.35. The lowest BCUT2D eigenvalue weighted by atomic mass is 10.2. The summed E-state index contributed by atoms with van der Waals surface area (Å²) in [5.74, 6) is 0. The molecule has 1 fully saturated rings. The SMILES string of the molecule is CCC(CC)N(CCN)S(=O)(=O)N1CCCCC1. The van der Waals surface area contributed by atoms with Gasteiger partial charge in [-0.3, -0.25) is 0 Å². The van der Waals surface area contributed by atoms with Crippen LogP contribution in [-0.2, 0) is 10.2 Å². The van der Waals surface area contributed by atoms with Gasteiger partial charge in [-0.2, -0.15) is 17.0 Å². The Labute approximate surface area is 112 Å². The molecule has 0 aromatic heterocycles. The van der Waals surface area contributed by atoms with Crippen LogP contribution in [0.2, 0.25) is 0 Å².